The van der Waals surface area contributed by atoms with E-state index in [2.05, 4.69) is 52.7 Å². The second-order valence-corrected chi connectivity index (χ2v) is 5.58. The summed E-state index contributed by atoms with van der Waals surface area (Å²) in [6.07, 6.45) is 4.83. The molecule has 2 nitrogen and oxygen atoms in total. The Morgan fingerprint density at radius 1 is 1.27 bits per heavy atom. The molecule has 1 heterocycles. The number of hydrogen-bond donors (Lipinski definition) is 0. The molecule has 1 aromatic rings. The van der Waals surface area contributed by atoms with Gasteiger partial charge in [-0.1, -0.05) is 36.7 Å². The van der Waals surface area contributed by atoms with Crippen LogP contribution in [0.2, 0.25) is 0 Å². The molecular formula is C12H19BrN2. The predicted octanol–water partition coefficient (Wildman–Crippen LogP) is 3.39. The van der Waals surface area contributed by atoms with E-state index in [4.69, 9.17) is 0 Å². The highest BCUT2D eigenvalue weighted by Crippen LogP contribution is 2.17. The zero-order chi connectivity index (χ0) is 11.3. The van der Waals surface area contributed by atoms with Gasteiger partial charge in [-0.2, -0.15) is 0 Å². The molecule has 0 aromatic carbocycles. The van der Waals surface area contributed by atoms with Gasteiger partial charge in [-0.05, 0) is 24.8 Å². The molecule has 0 fully saturated rings. The topological polar surface area (TPSA) is 25.8 Å². The van der Waals surface area contributed by atoms with Crippen molar-refractivity contribution in [3.05, 3.63) is 23.8 Å². The van der Waals surface area contributed by atoms with Crippen molar-refractivity contribution in [3.63, 3.8) is 0 Å². The lowest BCUT2D eigenvalue weighted by Crippen LogP contribution is -2.08. The molecule has 0 radical (unpaired) electrons. The van der Waals surface area contributed by atoms with Gasteiger partial charge in [0.25, 0.3) is 0 Å². The van der Waals surface area contributed by atoms with E-state index in [9.17, 15) is 0 Å². The van der Waals surface area contributed by atoms with Gasteiger partial charge in [0.2, 0.25) is 0 Å². The van der Waals surface area contributed by atoms with Gasteiger partial charge in [-0.15, -0.1) is 0 Å². The predicted molar refractivity (Wildman–Crippen MR) is 67.3 cm³/mol. The first-order valence-electron chi connectivity index (χ1n) is 5.55. The van der Waals surface area contributed by atoms with E-state index in [0.29, 0.717) is 4.83 Å². The van der Waals surface area contributed by atoms with Crippen LogP contribution in [0, 0.1) is 5.92 Å². The minimum atomic E-state index is 0.525. The third-order valence-electron chi connectivity index (χ3n) is 2.30. The molecule has 84 valence electrons. The van der Waals surface area contributed by atoms with Gasteiger partial charge in [0.15, 0.2) is 0 Å². The third kappa shape index (κ3) is 4.74. The smallest absolute Gasteiger partial charge is 0.115 e. The van der Waals surface area contributed by atoms with Crippen LogP contribution >= 0.6 is 15.9 Å². The Labute approximate surface area is 101 Å². The van der Waals surface area contributed by atoms with E-state index >= 15 is 0 Å². The zero-order valence-electron chi connectivity index (χ0n) is 9.70. The molecule has 0 amide bonds. The average Bonchev–Trinajstić information content (AvgIpc) is 2.16. The molecule has 0 saturated carbocycles. The van der Waals surface area contributed by atoms with Crippen LogP contribution in [0.3, 0.4) is 0 Å². The summed E-state index contributed by atoms with van der Waals surface area (Å²) in [4.78, 5) is 9.02. The molecule has 0 aliphatic rings. The molecule has 1 unspecified atom stereocenters. The quantitative estimate of drug-likeness (QED) is 0.767. The number of alkyl halides is 1. The first kappa shape index (κ1) is 12.6. The summed E-state index contributed by atoms with van der Waals surface area (Å²) in [5.74, 6) is 0.724. The molecule has 1 atom stereocenters. The van der Waals surface area contributed by atoms with Crippen LogP contribution in [0.25, 0.3) is 0 Å². The maximum atomic E-state index is 4.29. The van der Waals surface area contributed by atoms with Gasteiger partial charge in [-0.3, -0.25) is 0 Å². The number of aryl methyl sites for hydroxylation is 1. The maximum Gasteiger partial charge on any atom is 0.115 e. The van der Waals surface area contributed by atoms with Crippen molar-refractivity contribution in [2.75, 3.05) is 0 Å². The van der Waals surface area contributed by atoms with Crippen LogP contribution < -0.4 is 0 Å². The lowest BCUT2D eigenvalue weighted by atomic mass is 10.0. The van der Waals surface area contributed by atoms with Gasteiger partial charge in [-0.25, -0.2) is 9.97 Å². The highest BCUT2D eigenvalue weighted by atomic mass is 79.9. The Morgan fingerprint density at radius 3 is 2.53 bits per heavy atom. The normalized spacial score (nSPS) is 13.1. The SMILES string of the molecule is CCc1cc(CC(Br)CC(C)C)ncn1. The summed E-state index contributed by atoms with van der Waals surface area (Å²) < 4.78 is 0. The largest absolute Gasteiger partial charge is 0.241 e. The van der Waals surface area contributed by atoms with Crippen molar-refractivity contribution in [3.8, 4) is 0 Å². The first-order chi connectivity index (χ1) is 7.11. The summed E-state index contributed by atoms with van der Waals surface area (Å²) in [7, 11) is 0. The Morgan fingerprint density at radius 2 is 1.93 bits per heavy atom. The molecule has 0 N–H and O–H groups in total. The molecule has 0 aliphatic carbocycles. The Hall–Kier alpha value is -0.440. The molecule has 0 bridgehead atoms. The number of aromatic nitrogens is 2. The summed E-state index contributed by atoms with van der Waals surface area (Å²) >= 11 is 3.70. The number of hydrogen-bond acceptors (Lipinski definition) is 2. The van der Waals surface area contributed by atoms with E-state index in [1.807, 2.05) is 0 Å². The van der Waals surface area contributed by atoms with Crippen LogP contribution in [-0.4, -0.2) is 14.8 Å². The van der Waals surface area contributed by atoms with E-state index in [1.165, 1.54) is 6.42 Å². The van der Waals surface area contributed by atoms with Gasteiger partial charge in [0.1, 0.15) is 6.33 Å². The van der Waals surface area contributed by atoms with Crippen LogP contribution in [0.1, 0.15) is 38.6 Å². The summed E-state index contributed by atoms with van der Waals surface area (Å²) in [6.45, 7) is 6.60. The Bertz CT molecular complexity index is 299. The third-order valence-corrected chi connectivity index (χ3v) is 3.00. The lowest BCUT2D eigenvalue weighted by Gasteiger charge is -2.11. The van der Waals surface area contributed by atoms with Gasteiger partial charge in [0, 0.05) is 22.6 Å². The van der Waals surface area contributed by atoms with E-state index in [-0.39, 0.29) is 0 Å². The van der Waals surface area contributed by atoms with Gasteiger partial charge in [0.05, 0.1) is 0 Å². The molecular weight excluding hydrogens is 252 g/mol. The van der Waals surface area contributed by atoms with Crippen molar-refractivity contribution in [2.24, 2.45) is 5.92 Å². The Kier molecular flexibility index (Phi) is 5.23. The van der Waals surface area contributed by atoms with Crippen molar-refractivity contribution in [1.82, 2.24) is 9.97 Å². The molecule has 0 spiro atoms. The van der Waals surface area contributed by atoms with Crippen LogP contribution in [0.4, 0.5) is 0 Å². The van der Waals surface area contributed by atoms with Crippen LogP contribution in [0.15, 0.2) is 12.4 Å². The molecule has 0 saturated heterocycles. The van der Waals surface area contributed by atoms with Crippen LogP contribution in [-0.2, 0) is 12.8 Å². The monoisotopic (exact) mass is 270 g/mol. The van der Waals surface area contributed by atoms with Crippen molar-refractivity contribution in [1.29, 1.82) is 0 Å². The second kappa shape index (κ2) is 6.21. The number of nitrogens with zero attached hydrogens (tertiary/aromatic N) is 2. The van der Waals surface area contributed by atoms with E-state index < -0.39 is 0 Å². The molecule has 3 heteroatoms. The fraction of sp³-hybridized carbons (Fsp3) is 0.667. The Balaban J connectivity index is 2.55. The fourth-order valence-electron chi connectivity index (χ4n) is 1.57. The standard InChI is InChI=1S/C12H19BrN2/c1-4-11-7-12(15-8-14-11)6-10(13)5-9(2)3/h7-10H,4-6H2,1-3H3. The molecule has 1 rings (SSSR count). The first-order valence-corrected chi connectivity index (χ1v) is 6.47. The highest BCUT2D eigenvalue weighted by molar-refractivity contribution is 9.09. The summed E-state index contributed by atoms with van der Waals surface area (Å²) in [5.41, 5.74) is 2.27. The second-order valence-electron chi connectivity index (χ2n) is 4.29. The van der Waals surface area contributed by atoms with E-state index in [0.717, 1.165) is 30.1 Å². The molecule has 0 aliphatic heterocycles. The van der Waals surface area contributed by atoms with Gasteiger partial charge >= 0.3 is 0 Å². The minimum absolute atomic E-state index is 0.525. The minimum Gasteiger partial charge on any atom is -0.241 e. The lowest BCUT2D eigenvalue weighted by molar-refractivity contribution is 0.568. The fourth-order valence-corrected chi connectivity index (χ4v) is 2.65. The summed E-state index contributed by atoms with van der Waals surface area (Å²) in [6, 6.07) is 2.11. The average molecular weight is 271 g/mol. The van der Waals surface area contributed by atoms with E-state index in [1.54, 1.807) is 6.33 Å². The van der Waals surface area contributed by atoms with Crippen molar-refractivity contribution < 1.29 is 0 Å². The van der Waals surface area contributed by atoms with Gasteiger partial charge < -0.3 is 0 Å². The van der Waals surface area contributed by atoms with Crippen molar-refractivity contribution >= 4 is 15.9 Å². The summed E-state index contributed by atoms with van der Waals surface area (Å²) in [5, 5.41) is 0. The zero-order valence-corrected chi connectivity index (χ0v) is 11.3. The van der Waals surface area contributed by atoms with Crippen LogP contribution in [0.5, 0.6) is 0 Å². The maximum absolute atomic E-state index is 4.29. The van der Waals surface area contributed by atoms with Crippen molar-refractivity contribution in [2.45, 2.75) is 44.9 Å². The number of halogens is 1. The number of rotatable bonds is 5. The molecule has 1 aromatic heterocycles. The molecule has 15 heavy (non-hydrogen) atoms. The highest BCUT2D eigenvalue weighted by Gasteiger charge is 2.09.